The highest BCUT2D eigenvalue weighted by Gasteiger charge is 2.08. The summed E-state index contributed by atoms with van der Waals surface area (Å²) in [6.45, 7) is 1.09. The number of nitrogens with one attached hydrogen (secondary N) is 2. The molecule has 0 aliphatic carbocycles. The third kappa shape index (κ3) is 5.93. The molecule has 0 atom stereocenters. The normalized spacial score (nSPS) is 10.3. The highest BCUT2D eigenvalue weighted by atomic mass is 19.1. The molecule has 3 rings (SSSR count). The van der Waals surface area contributed by atoms with Crippen LogP contribution in [0.1, 0.15) is 15.9 Å². The highest BCUT2D eigenvalue weighted by Crippen LogP contribution is 2.17. The van der Waals surface area contributed by atoms with Gasteiger partial charge in [0.15, 0.2) is 0 Å². The minimum Gasteiger partial charge on any atom is -0.497 e. The van der Waals surface area contributed by atoms with Crippen molar-refractivity contribution in [3.05, 3.63) is 83.9 Å². The van der Waals surface area contributed by atoms with Crippen molar-refractivity contribution in [1.82, 2.24) is 10.3 Å². The zero-order valence-corrected chi connectivity index (χ0v) is 16.0. The van der Waals surface area contributed by atoms with E-state index in [0.29, 0.717) is 30.0 Å². The number of ether oxygens (including phenoxy) is 2. The Kier molecular flexibility index (Phi) is 7.00. The van der Waals surface area contributed by atoms with Gasteiger partial charge in [-0.1, -0.05) is 18.2 Å². The number of benzene rings is 2. The Labute approximate surface area is 168 Å². The van der Waals surface area contributed by atoms with Crippen LogP contribution in [0.4, 0.5) is 10.1 Å². The van der Waals surface area contributed by atoms with Crippen molar-refractivity contribution >= 4 is 11.6 Å². The number of carbonyl (C=O) groups excluding carboxylic acids is 1. The third-order valence-electron chi connectivity index (χ3n) is 4.16. The van der Waals surface area contributed by atoms with E-state index < -0.39 is 0 Å². The number of carbonyl (C=O) groups is 1. The maximum absolute atomic E-state index is 13.6. The second-order valence-corrected chi connectivity index (χ2v) is 6.19. The molecular formula is C22H22FN3O3. The molecule has 0 radical (unpaired) electrons. The lowest BCUT2D eigenvalue weighted by Crippen LogP contribution is -2.23. The van der Waals surface area contributed by atoms with Gasteiger partial charge in [0.1, 0.15) is 23.9 Å². The Bertz CT molecular complexity index is 948. The molecule has 0 bridgehead atoms. The number of hydrogen-bond donors (Lipinski definition) is 2. The average molecular weight is 395 g/mol. The number of anilines is 1. The number of pyridine rings is 1. The predicted molar refractivity (Wildman–Crippen MR) is 109 cm³/mol. The molecule has 0 unspecified atom stereocenters. The lowest BCUT2D eigenvalue weighted by atomic mass is 10.2. The van der Waals surface area contributed by atoms with Crippen LogP contribution < -0.4 is 20.1 Å². The summed E-state index contributed by atoms with van der Waals surface area (Å²) in [5.41, 5.74) is 1.52. The predicted octanol–water partition coefficient (Wildman–Crippen LogP) is 3.65. The van der Waals surface area contributed by atoms with Gasteiger partial charge < -0.3 is 20.1 Å². The number of aromatic nitrogens is 1. The van der Waals surface area contributed by atoms with Gasteiger partial charge in [0.2, 0.25) is 0 Å². The molecule has 1 aromatic heterocycles. The standard InChI is InChI=1S/C22H22FN3O3/c1-28-19-6-8-20(9-7-19)29-11-10-25-18-12-17(13-24-15-18)22(27)26-14-16-4-2-3-5-21(16)23/h2-9,12-13,15,25H,10-11,14H2,1H3,(H,26,27). The number of hydrogen-bond acceptors (Lipinski definition) is 5. The zero-order valence-electron chi connectivity index (χ0n) is 16.0. The fourth-order valence-corrected chi connectivity index (χ4v) is 2.62. The van der Waals surface area contributed by atoms with Gasteiger partial charge in [-0.05, 0) is 36.4 Å². The highest BCUT2D eigenvalue weighted by molar-refractivity contribution is 5.94. The van der Waals surface area contributed by atoms with Gasteiger partial charge in [0.05, 0.1) is 18.4 Å². The van der Waals surface area contributed by atoms with Crippen LogP contribution >= 0.6 is 0 Å². The van der Waals surface area contributed by atoms with Crippen molar-refractivity contribution in [1.29, 1.82) is 0 Å². The minimum absolute atomic E-state index is 0.110. The lowest BCUT2D eigenvalue weighted by molar-refractivity contribution is 0.0950. The van der Waals surface area contributed by atoms with Crippen molar-refractivity contribution in [3.8, 4) is 11.5 Å². The molecule has 29 heavy (non-hydrogen) atoms. The maximum atomic E-state index is 13.6. The first-order chi connectivity index (χ1) is 14.2. The molecule has 0 fully saturated rings. The van der Waals surface area contributed by atoms with E-state index in [0.717, 1.165) is 11.5 Å². The number of amides is 1. The summed E-state index contributed by atoms with van der Waals surface area (Å²) in [5, 5.41) is 5.86. The molecular weight excluding hydrogens is 373 g/mol. The van der Waals surface area contributed by atoms with Crippen molar-refractivity contribution in [2.24, 2.45) is 0 Å². The summed E-state index contributed by atoms with van der Waals surface area (Å²) < 4.78 is 24.4. The quantitative estimate of drug-likeness (QED) is 0.541. The summed E-state index contributed by atoms with van der Waals surface area (Å²) in [5.74, 6) is 0.843. The van der Waals surface area contributed by atoms with Crippen LogP contribution in [0.3, 0.4) is 0 Å². The summed E-state index contributed by atoms with van der Waals surface area (Å²) in [4.78, 5) is 16.4. The van der Waals surface area contributed by atoms with E-state index in [1.54, 1.807) is 37.6 Å². The topological polar surface area (TPSA) is 72.5 Å². The van der Waals surface area contributed by atoms with Crippen LogP contribution in [0.2, 0.25) is 0 Å². The van der Waals surface area contributed by atoms with Gasteiger partial charge in [-0.15, -0.1) is 0 Å². The Morgan fingerprint density at radius 1 is 1.07 bits per heavy atom. The second kappa shape index (κ2) is 10.1. The number of rotatable bonds is 9. The third-order valence-corrected chi connectivity index (χ3v) is 4.16. The van der Waals surface area contributed by atoms with E-state index in [4.69, 9.17) is 9.47 Å². The van der Waals surface area contributed by atoms with Crippen LogP contribution in [0.25, 0.3) is 0 Å². The molecule has 1 heterocycles. The molecule has 6 nitrogen and oxygen atoms in total. The molecule has 2 aromatic carbocycles. The Morgan fingerprint density at radius 2 is 1.83 bits per heavy atom. The number of halogens is 1. The smallest absolute Gasteiger partial charge is 0.253 e. The fraction of sp³-hybridized carbons (Fsp3) is 0.182. The molecule has 3 aromatic rings. The minimum atomic E-state index is -0.349. The Hall–Kier alpha value is -3.61. The second-order valence-electron chi connectivity index (χ2n) is 6.19. The van der Waals surface area contributed by atoms with Crippen molar-refractivity contribution < 1.29 is 18.7 Å². The van der Waals surface area contributed by atoms with Gasteiger partial charge in [-0.2, -0.15) is 0 Å². The van der Waals surface area contributed by atoms with Crippen molar-refractivity contribution in [2.45, 2.75) is 6.54 Å². The summed E-state index contributed by atoms with van der Waals surface area (Å²) in [6.07, 6.45) is 3.09. The van der Waals surface area contributed by atoms with Crippen LogP contribution in [0.5, 0.6) is 11.5 Å². The van der Waals surface area contributed by atoms with Gasteiger partial charge in [-0.25, -0.2) is 4.39 Å². The molecule has 0 aliphatic heterocycles. The number of nitrogens with zero attached hydrogens (tertiary/aromatic N) is 1. The largest absolute Gasteiger partial charge is 0.497 e. The molecule has 150 valence electrons. The molecule has 1 amide bonds. The molecule has 0 spiro atoms. The first-order valence-electron chi connectivity index (χ1n) is 9.13. The van der Waals surface area contributed by atoms with Crippen molar-refractivity contribution in [2.75, 3.05) is 25.6 Å². The van der Waals surface area contributed by atoms with E-state index in [-0.39, 0.29) is 18.3 Å². The van der Waals surface area contributed by atoms with E-state index in [2.05, 4.69) is 15.6 Å². The van der Waals surface area contributed by atoms with Crippen molar-refractivity contribution in [3.63, 3.8) is 0 Å². The molecule has 7 heteroatoms. The molecule has 0 aliphatic rings. The van der Waals surface area contributed by atoms with Gasteiger partial charge in [-0.3, -0.25) is 9.78 Å². The summed E-state index contributed by atoms with van der Waals surface area (Å²) in [6, 6.07) is 15.4. The van der Waals surface area contributed by atoms with Crippen LogP contribution in [-0.4, -0.2) is 31.2 Å². The first kappa shape index (κ1) is 20.1. The monoisotopic (exact) mass is 395 g/mol. The Balaban J connectivity index is 1.47. The zero-order chi connectivity index (χ0) is 20.5. The molecule has 2 N–H and O–H groups in total. The van der Waals surface area contributed by atoms with Gasteiger partial charge in [0, 0.05) is 31.0 Å². The van der Waals surface area contributed by atoms with Crippen LogP contribution in [0.15, 0.2) is 67.0 Å². The van der Waals surface area contributed by atoms with Crippen LogP contribution in [-0.2, 0) is 6.54 Å². The summed E-state index contributed by atoms with van der Waals surface area (Å²) in [7, 11) is 1.61. The maximum Gasteiger partial charge on any atom is 0.253 e. The number of methoxy groups -OCH3 is 1. The average Bonchev–Trinajstić information content (AvgIpc) is 2.76. The molecule has 0 saturated heterocycles. The van der Waals surface area contributed by atoms with E-state index in [9.17, 15) is 9.18 Å². The molecule has 0 saturated carbocycles. The first-order valence-corrected chi connectivity index (χ1v) is 9.13. The van der Waals surface area contributed by atoms with E-state index in [1.807, 2.05) is 24.3 Å². The SMILES string of the molecule is COc1ccc(OCCNc2cncc(C(=O)NCc3ccccc3F)c2)cc1. The van der Waals surface area contributed by atoms with Gasteiger partial charge >= 0.3 is 0 Å². The lowest BCUT2D eigenvalue weighted by Gasteiger charge is -2.10. The fourth-order valence-electron chi connectivity index (χ4n) is 2.62. The van der Waals surface area contributed by atoms with E-state index in [1.165, 1.54) is 12.3 Å². The van der Waals surface area contributed by atoms with Gasteiger partial charge in [0.25, 0.3) is 5.91 Å². The summed E-state index contributed by atoms with van der Waals surface area (Å²) >= 11 is 0. The Morgan fingerprint density at radius 3 is 2.59 bits per heavy atom. The van der Waals surface area contributed by atoms with Crippen LogP contribution in [0, 0.1) is 5.82 Å². The van der Waals surface area contributed by atoms with E-state index >= 15 is 0 Å².